The molecule has 0 spiro atoms. The van der Waals surface area contributed by atoms with Crippen molar-refractivity contribution in [2.24, 2.45) is 0 Å². The van der Waals surface area contributed by atoms with Gasteiger partial charge in [0.05, 0.1) is 5.69 Å². The second kappa shape index (κ2) is 9.02. The van der Waals surface area contributed by atoms with Crippen LogP contribution >= 0.6 is 0 Å². The maximum Gasteiger partial charge on any atom is 0.251 e. The first-order valence-electron chi connectivity index (χ1n) is 13.1. The summed E-state index contributed by atoms with van der Waals surface area (Å²) in [6, 6.07) is 1.70. The van der Waals surface area contributed by atoms with Gasteiger partial charge < -0.3 is 15.1 Å². The molecule has 3 fully saturated rings. The molecule has 10 heteroatoms. The summed E-state index contributed by atoms with van der Waals surface area (Å²) in [6.45, 7) is 0.903. The molecule has 8 nitrogen and oxygen atoms in total. The molecule has 2 aliphatic heterocycles. The number of nitrogens with zero attached hydrogens (tertiary/aromatic N) is 5. The zero-order valence-electron chi connectivity index (χ0n) is 20.0. The Labute approximate surface area is 203 Å². The summed E-state index contributed by atoms with van der Waals surface area (Å²) in [5, 5.41) is 11.1. The molecule has 1 unspecified atom stereocenters. The van der Waals surface area contributed by atoms with E-state index in [2.05, 4.69) is 21.6 Å². The Morgan fingerprint density at radius 2 is 1.83 bits per heavy atom. The van der Waals surface area contributed by atoms with Gasteiger partial charge in [-0.1, -0.05) is 12.8 Å². The van der Waals surface area contributed by atoms with Crippen LogP contribution in [-0.4, -0.2) is 62.6 Å². The molecular formula is C25H33F2N7O. The lowest BCUT2D eigenvalue weighted by Crippen LogP contribution is -2.50. The largest absolute Gasteiger partial charge is 0.340 e. The van der Waals surface area contributed by atoms with E-state index in [0.29, 0.717) is 24.8 Å². The summed E-state index contributed by atoms with van der Waals surface area (Å²) >= 11 is 0. The lowest BCUT2D eigenvalue weighted by molar-refractivity contribution is -0.138. The minimum Gasteiger partial charge on any atom is -0.340 e. The summed E-state index contributed by atoms with van der Waals surface area (Å²) in [5.74, 6) is -0.116. The van der Waals surface area contributed by atoms with Crippen molar-refractivity contribution in [3.8, 4) is 0 Å². The van der Waals surface area contributed by atoms with Crippen LogP contribution in [0, 0.1) is 0 Å². The van der Waals surface area contributed by atoms with Crippen LogP contribution < -0.4 is 10.2 Å². The van der Waals surface area contributed by atoms with Crippen molar-refractivity contribution in [3.63, 3.8) is 0 Å². The Morgan fingerprint density at radius 3 is 2.63 bits per heavy atom. The van der Waals surface area contributed by atoms with Crippen LogP contribution in [-0.2, 0) is 17.6 Å². The van der Waals surface area contributed by atoms with Crippen molar-refractivity contribution in [1.29, 1.82) is 0 Å². The highest BCUT2D eigenvalue weighted by atomic mass is 19.3. The number of nitrogens with one attached hydrogen (secondary N) is 2. The summed E-state index contributed by atoms with van der Waals surface area (Å²) in [7, 11) is 0. The minimum absolute atomic E-state index is 0.0786. The number of likely N-dealkylation sites (tertiary alicyclic amines) is 1. The van der Waals surface area contributed by atoms with Crippen LogP contribution in [0.1, 0.15) is 80.7 Å². The first-order valence-corrected chi connectivity index (χ1v) is 13.1. The summed E-state index contributed by atoms with van der Waals surface area (Å²) in [4.78, 5) is 26.6. The molecule has 4 aliphatic rings. The Bertz CT molecular complexity index is 1090. The number of carbonyl (C=O) groups excluding carboxylic acids is 1. The number of aromatic nitrogens is 4. The number of carbonyl (C=O) groups is 1. The lowest BCUT2D eigenvalue weighted by atomic mass is 10.0. The average molecular weight is 486 g/mol. The van der Waals surface area contributed by atoms with E-state index in [0.717, 1.165) is 48.6 Å². The Kier molecular flexibility index (Phi) is 5.84. The molecule has 1 saturated carbocycles. The second-order valence-electron chi connectivity index (χ2n) is 10.5. The van der Waals surface area contributed by atoms with E-state index in [9.17, 15) is 13.6 Å². The molecule has 0 bridgehead atoms. The van der Waals surface area contributed by atoms with Crippen molar-refractivity contribution >= 4 is 23.5 Å². The van der Waals surface area contributed by atoms with Gasteiger partial charge in [-0.15, -0.1) is 0 Å². The number of hydrogen-bond donors (Lipinski definition) is 2. The lowest BCUT2D eigenvalue weighted by Gasteiger charge is -2.35. The third-order valence-corrected chi connectivity index (χ3v) is 8.16. The molecule has 0 radical (unpaired) electrons. The molecule has 2 aromatic rings. The Hall–Kier alpha value is -2.78. The quantitative estimate of drug-likeness (QED) is 0.656. The number of fused-ring (bicyclic) bond motifs is 1. The van der Waals surface area contributed by atoms with Crippen LogP contribution in [0.4, 0.5) is 26.4 Å². The Balaban J connectivity index is 1.23. The number of rotatable bonds is 5. The molecule has 188 valence electrons. The first kappa shape index (κ1) is 22.7. The predicted molar refractivity (Wildman–Crippen MR) is 128 cm³/mol. The van der Waals surface area contributed by atoms with Gasteiger partial charge in [0.25, 0.3) is 5.92 Å². The van der Waals surface area contributed by atoms with E-state index >= 15 is 0 Å². The molecule has 0 aromatic carbocycles. The fourth-order valence-corrected chi connectivity index (χ4v) is 6.15. The van der Waals surface area contributed by atoms with E-state index in [1.165, 1.54) is 31.4 Å². The number of piperidine rings is 1. The van der Waals surface area contributed by atoms with Gasteiger partial charge >= 0.3 is 0 Å². The zero-order chi connectivity index (χ0) is 24.0. The highest BCUT2D eigenvalue weighted by Crippen LogP contribution is 2.36. The van der Waals surface area contributed by atoms with Crippen molar-refractivity contribution in [3.05, 3.63) is 23.0 Å². The second-order valence-corrected chi connectivity index (χ2v) is 10.5. The van der Waals surface area contributed by atoms with Crippen LogP contribution in [0.25, 0.3) is 0 Å². The molecule has 1 amide bonds. The maximum absolute atomic E-state index is 13.6. The van der Waals surface area contributed by atoms with Gasteiger partial charge in [-0.05, 0) is 44.9 Å². The number of H-pyrrole nitrogens is 1. The van der Waals surface area contributed by atoms with E-state index in [4.69, 9.17) is 9.97 Å². The smallest absolute Gasteiger partial charge is 0.251 e. The predicted octanol–water partition coefficient (Wildman–Crippen LogP) is 4.32. The normalized spacial score (nSPS) is 24.2. The fraction of sp³-hybridized carbons (Fsp3) is 0.680. The van der Waals surface area contributed by atoms with Crippen molar-refractivity contribution in [2.75, 3.05) is 29.9 Å². The van der Waals surface area contributed by atoms with Crippen LogP contribution in [0.3, 0.4) is 0 Å². The molecule has 1 atom stereocenters. The Morgan fingerprint density at radius 1 is 1.03 bits per heavy atom. The van der Waals surface area contributed by atoms with Gasteiger partial charge in [-0.2, -0.15) is 10.1 Å². The third-order valence-electron chi connectivity index (χ3n) is 8.16. The van der Waals surface area contributed by atoms with E-state index in [-0.39, 0.29) is 31.8 Å². The van der Waals surface area contributed by atoms with E-state index in [1.807, 2.05) is 4.90 Å². The number of anilines is 3. The van der Waals surface area contributed by atoms with Gasteiger partial charge in [0.1, 0.15) is 11.9 Å². The average Bonchev–Trinajstić information content (AvgIpc) is 3.65. The standard InChI is InChI=1S/C25H33F2N7O/c26-25(27)10-13-33(14-11-25)23(35)20-9-4-12-34(20)24-28-18-8-3-7-17(18)22(30-24)29-21-15-19(31-32-21)16-5-1-2-6-16/h15-16,20H,1-14H2,(H2,28,29,30,31,32). The molecule has 2 N–H and O–H groups in total. The SMILES string of the molecule is O=C(C1CCCN1c1nc2c(c(Nc3cc(C4CCCC4)[nH]n3)n1)CCC2)N1CCC(F)(F)CC1. The molecule has 2 aliphatic carbocycles. The molecule has 6 rings (SSSR count). The van der Waals surface area contributed by atoms with Crippen LogP contribution in [0.2, 0.25) is 0 Å². The summed E-state index contributed by atoms with van der Waals surface area (Å²) in [5.41, 5.74) is 3.33. The number of amides is 1. The molecular weight excluding hydrogens is 452 g/mol. The number of alkyl halides is 2. The first-order chi connectivity index (χ1) is 17.0. The van der Waals surface area contributed by atoms with E-state index in [1.54, 1.807) is 4.90 Å². The molecule has 4 heterocycles. The topological polar surface area (TPSA) is 90.0 Å². The number of hydrogen-bond acceptors (Lipinski definition) is 6. The van der Waals surface area contributed by atoms with Gasteiger partial charge in [-0.25, -0.2) is 13.8 Å². The highest BCUT2D eigenvalue weighted by molar-refractivity contribution is 5.85. The van der Waals surface area contributed by atoms with Gasteiger partial charge in [0.2, 0.25) is 11.9 Å². The summed E-state index contributed by atoms with van der Waals surface area (Å²) in [6.07, 6.45) is 8.80. The maximum atomic E-state index is 13.6. The van der Waals surface area contributed by atoms with Gasteiger partial charge in [-0.3, -0.25) is 9.89 Å². The van der Waals surface area contributed by atoms with Gasteiger partial charge in [0.15, 0.2) is 5.82 Å². The van der Waals surface area contributed by atoms with Crippen molar-refractivity contribution < 1.29 is 13.6 Å². The molecule has 35 heavy (non-hydrogen) atoms. The van der Waals surface area contributed by atoms with Gasteiger partial charge in [0, 0.05) is 55.7 Å². The van der Waals surface area contributed by atoms with Crippen LogP contribution in [0.5, 0.6) is 0 Å². The fourth-order valence-electron chi connectivity index (χ4n) is 6.15. The molecule has 2 aromatic heterocycles. The highest BCUT2D eigenvalue weighted by Gasteiger charge is 2.41. The number of aromatic amines is 1. The zero-order valence-corrected chi connectivity index (χ0v) is 20.0. The third kappa shape index (κ3) is 4.47. The van der Waals surface area contributed by atoms with Crippen LogP contribution in [0.15, 0.2) is 6.07 Å². The summed E-state index contributed by atoms with van der Waals surface area (Å²) < 4.78 is 27.2. The number of aryl methyl sites for hydroxylation is 1. The van der Waals surface area contributed by atoms with E-state index < -0.39 is 12.0 Å². The number of halogens is 2. The van der Waals surface area contributed by atoms with Crippen molar-refractivity contribution in [2.45, 2.75) is 88.5 Å². The monoisotopic (exact) mass is 485 g/mol. The minimum atomic E-state index is -2.67. The van der Waals surface area contributed by atoms with Crippen molar-refractivity contribution in [1.82, 2.24) is 25.1 Å². The molecule has 2 saturated heterocycles.